The largest absolute Gasteiger partial charge is 0.478 e. The van der Waals surface area contributed by atoms with Crippen LogP contribution < -0.4 is 0 Å². The van der Waals surface area contributed by atoms with Gasteiger partial charge in [0, 0.05) is 11.5 Å². The van der Waals surface area contributed by atoms with E-state index in [4.69, 9.17) is 5.11 Å². The Hall–Kier alpha value is -1.05. The predicted molar refractivity (Wildman–Crippen MR) is 41.1 cm³/mol. The minimum atomic E-state index is -0.737. The van der Waals surface area contributed by atoms with Gasteiger partial charge in [0.1, 0.15) is 0 Å². The number of carboxylic acid groups (broad SMARTS) is 1. The molecule has 2 nitrogen and oxygen atoms in total. The Morgan fingerprint density at radius 1 is 1.55 bits per heavy atom. The average Bonchev–Trinajstić information content (AvgIpc) is 2.44. The number of allylic oxidation sites excluding steroid dienone is 3. The van der Waals surface area contributed by atoms with Crippen LogP contribution in [-0.2, 0) is 4.79 Å². The summed E-state index contributed by atoms with van der Waals surface area (Å²) in [5.41, 5.74) is 1.70. The smallest absolute Gasteiger partial charge is 0.332 e. The zero-order valence-electron chi connectivity index (χ0n) is 6.37. The van der Waals surface area contributed by atoms with E-state index >= 15 is 0 Å². The highest BCUT2D eigenvalue weighted by Gasteiger charge is 2.35. The number of fused-ring (bicyclic) bond motifs is 2. The third-order valence-electron chi connectivity index (χ3n) is 2.67. The molecule has 0 fully saturated rings. The lowest BCUT2D eigenvalue weighted by molar-refractivity contribution is -0.133. The fourth-order valence-electron chi connectivity index (χ4n) is 2.05. The molecule has 2 aliphatic carbocycles. The summed E-state index contributed by atoms with van der Waals surface area (Å²) in [4.78, 5) is 10.7. The molecule has 2 rings (SSSR count). The molecule has 2 bridgehead atoms. The first-order chi connectivity index (χ1) is 5.20. The Balaban J connectivity index is 2.40. The standard InChI is InChI=1S/C9H10O2/c1-5-6-2-3-7(4-6)8(5)9(10)11/h2-3,6-7H,4H2,1H3,(H,10,11). The monoisotopic (exact) mass is 150 g/mol. The van der Waals surface area contributed by atoms with Gasteiger partial charge in [-0.1, -0.05) is 17.7 Å². The van der Waals surface area contributed by atoms with E-state index in [9.17, 15) is 4.79 Å². The van der Waals surface area contributed by atoms with Gasteiger partial charge in [-0.25, -0.2) is 4.79 Å². The van der Waals surface area contributed by atoms with E-state index in [1.165, 1.54) is 0 Å². The molecule has 58 valence electrons. The predicted octanol–water partition coefficient (Wildman–Crippen LogP) is 1.59. The van der Waals surface area contributed by atoms with Gasteiger partial charge < -0.3 is 5.11 Å². The second kappa shape index (κ2) is 1.97. The summed E-state index contributed by atoms with van der Waals surface area (Å²) in [5.74, 6) is -0.108. The second-order valence-electron chi connectivity index (χ2n) is 3.24. The van der Waals surface area contributed by atoms with Crippen LogP contribution in [-0.4, -0.2) is 11.1 Å². The molecule has 0 saturated carbocycles. The molecule has 2 unspecified atom stereocenters. The molecule has 0 aromatic heterocycles. The molecule has 2 aliphatic rings. The topological polar surface area (TPSA) is 37.3 Å². The maximum absolute atomic E-state index is 10.7. The van der Waals surface area contributed by atoms with Crippen molar-refractivity contribution in [1.82, 2.24) is 0 Å². The summed E-state index contributed by atoms with van der Waals surface area (Å²) >= 11 is 0. The van der Waals surface area contributed by atoms with Crippen LogP contribution in [0.1, 0.15) is 13.3 Å². The molecule has 0 aromatic carbocycles. The number of carboxylic acids is 1. The van der Waals surface area contributed by atoms with Gasteiger partial charge >= 0.3 is 5.97 Å². The number of carbonyl (C=O) groups is 1. The van der Waals surface area contributed by atoms with Gasteiger partial charge in [-0.3, -0.25) is 0 Å². The molecular weight excluding hydrogens is 140 g/mol. The Kier molecular flexibility index (Phi) is 1.19. The van der Waals surface area contributed by atoms with Crippen molar-refractivity contribution in [2.75, 3.05) is 0 Å². The third kappa shape index (κ3) is 0.754. The van der Waals surface area contributed by atoms with Crippen LogP contribution in [0.4, 0.5) is 0 Å². The molecule has 2 atom stereocenters. The van der Waals surface area contributed by atoms with E-state index in [1.807, 2.05) is 13.0 Å². The van der Waals surface area contributed by atoms with Crippen molar-refractivity contribution in [3.63, 3.8) is 0 Å². The lowest BCUT2D eigenvalue weighted by Crippen LogP contribution is -2.07. The summed E-state index contributed by atoms with van der Waals surface area (Å²) in [6.45, 7) is 1.93. The summed E-state index contributed by atoms with van der Waals surface area (Å²) in [5, 5.41) is 8.81. The van der Waals surface area contributed by atoms with Crippen molar-refractivity contribution < 1.29 is 9.90 Å². The first kappa shape index (κ1) is 6.65. The fraction of sp³-hybridized carbons (Fsp3) is 0.444. The lowest BCUT2D eigenvalue weighted by atomic mass is 9.99. The molecule has 0 aromatic rings. The van der Waals surface area contributed by atoms with E-state index in [-0.39, 0.29) is 5.92 Å². The van der Waals surface area contributed by atoms with Gasteiger partial charge in [-0.15, -0.1) is 0 Å². The van der Waals surface area contributed by atoms with Gasteiger partial charge in [0.2, 0.25) is 0 Å². The Morgan fingerprint density at radius 2 is 2.18 bits per heavy atom. The van der Waals surface area contributed by atoms with Crippen LogP contribution >= 0.6 is 0 Å². The lowest BCUT2D eigenvalue weighted by Gasteiger charge is -2.07. The molecule has 2 heteroatoms. The van der Waals surface area contributed by atoms with Crippen molar-refractivity contribution in [3.8, 4) is 0 Å². The molecule has 1 N–H and O–H groups in total. The summed E-state index contributed by atoms with van der Waals surface area (Å²) < 4.78 is 0. The van der Waals surface area contributed by atoms with Gasteiger partial charge in [0.25, 0.3) is 0 Å². The second-order valence-corrected chi connectivity index (χ2v) is 3.24. The van der Waals surface area contributed by atoms with Crippen LogP contribution in [0.15, 0.2) is 23.3 Å². The Bertz CT molecular complexity index is 273. The Labute approximate surface area is 65.2 Å². The maximum Gasteiger partial charge on any atom is 0.332 e. The minimum Gasteiger partial charge on any atom is -0.478 e. The van der Waals surface area contributed by atoms with Crippen molar-refractivity contribution in [2.45, 2.75) is 13.3 Å². The highest BCUT2D eigenvalue weighted by molar-refractivity contribution is 5.90. The van der Waals surface area contributed by atoms with Crippen molar-refractivity contribution in [3.05, 3.63) is 23.3 Å². The minimum absolute atomic E-state index is 0.206. The van der Waals surface area contributed by atoms with Crippen molar-refractivity contribution >= 4 is 5.97 Å². The van der Waals surface area contributed by atoms with Crippen LogP contribution in [0.25, 0.3) is 0 Å². The van der Waals surface area contributed by atoms with Gasteiger partial charge in [0.15, 0.2) is 0 Å². The van der Waals surface area contributed by atoms with E-state index < -0.39 is 5.97 Å². The average molecular weight is 150 g/mol. The number of aliphatic carboxylic acids is 1. The van der Waals surface area contributed by atoms with Gasteiger partial charge in [0.05, 0.1) is 0 Å². The number of hydrogen-bond acceptors (Lipinski definition) is 1. The summed E-state index contributed by atoms with van der Waals surface area (Å²) in [6.07, 6.45) is 5.13. The zero-order valence-corrected chi connectivity index (χ0v) is 6.37. The van der Waals surface area contributed by atoms with Gasteiger partial charge in [-0.05, 0) is 19.3 Å². The summed E-state index contributed by atoms with van der Waals surface area (Å²) in [7, 11) is 0. The molecule has 0 radical (unpaired) electrons. The quantitative estimate of drug-likeness (QED) is 0.576. The maximum atomic E-state index is 10.7. The SMILES string of the molecule is CC1=C(C(=O)O)C2C=CC1C2. The highest BCUT2D eigenvalue weighted by atomic mass is 16.4. The molecule has 0 heterocycles. The van der Waals surface area contributed by atoms with Crippen LogP contribution in [0.5, 0.6) is 0 Å². The number of rotatable bonds is 1. The first-order valence-corrected chi connectivity index (χ1v) is 3.82. The molecule has 0 aliphatic heterocycles. The first-order valence-electron chi connectivity index (χ1n) is 3.82. The van der Waals surface area contributed by atoms with Crippen LogP contribution in [0.2, 0.25) is 0 Å². The molecule has 0 spiro atoms. The number of hydrogen-bond donors (Lipinski definition) is 1. The van der Waals surface area contributed by atoms with Crippen molar-refractivity contribution in [2.24, 2.45) is 11.8 Å². The van der Waals surface area contributed by atoms with E-state index in [0.29, 0.717) is 11.5 Å². The summed E-state index contributed by atoms with van der Waals surface area (Å²) in [6, 6.07) is 0. The molecule has 0 saturated heterocycles. The van der Waals surface area contributed by atoms with Gasteiger partial charge in [-0.2, -0.15) is 0 Å². The van der Waals surface area contributed by atoms with E-state index in [0.717, 1.165) is 12.0 Å². The highest BCUT2D eigenvalue weighted by Crippen LogP contribution is 2.43. The molecule has 11 heavy (non-hydrogen) atoms. The zero-order chi connectivity index (χ0) is 8.01. The fourth-order valence-corrected chi connectivity index (χ4v) is 2.05. The third-order valence-corrected chi connectivity index (χ3v) is 2.67. The van der Waals surface area contributed by atoms with Crippen LogP contribution in [0.3, 0.4) is 0 Å². The van der Waals surface area contributed by atoms with E-state index in [1.54, 1.807) is 0 Å². The Morgan fingerprint density at radius 3 is 2.55 bits per heavy atom. The van der Waals surface area contributed by atoms with Crippen molar-refractivity contribution in [1.29, 1.82) is 0 Å². The molecular formula is C9H10O2. The molecule has 0 amide bonds. The normalized spacial score (nSPS) is 33.5. The van der Waals surface area contributed by atoms with Crippen LogP contribution in [0, 0.1) is 11.8 Å². The van der Waals surface area contributed by atoms with E-state index in [2.05, 4.69) is 6.08 Å².